The quantitative estimate of drug-likeness (QED) is 0.662. The van der Waals surface area contributed by atoms with Crippen LogP contribution in [0.2, 0.25) is 0 Å². The molecule has 1 unspecified atom stereocenters. The van der Waals surface area contributed by atoms with Crippen molar-refractivity contribution >= 4 is 43.9 Å². The summed E-state index contributed by atoms with van der Waals surface area (Å²) in [5.74, 6) is -0.636. The second-order valence-corrected chi connectivity index (χ2v) is 11.0. The Morgan fingerprint density at radius 2 is 2.03 bits per heavy atom. The molecule has 1 aromatic carbocycles. The molecule has 2 heterocycles. The molecule has 172 valence electrons. The third-order valence-electron chi connectivity index (χ3n) is 5.56. The molecule has 1 aliphatic heterocycles. The van der Waals surface area contributed by atoms with E-state index in [2.05, 4.69) is 5.32 Å². The number of benzene rings is 1. The number of esters is 1. The highest BCUT2D eigenvalue weighted by atomic mass is 32.2. The summed E-state index contributed by atoms with van der Waals surface area (Å²) in [6, 6.07) is 5.18. The smallest absolute Gasteiger partial charge is 0.341 e. The number of fused-ring (bicyclic) bond motifs is 2. The van der Waals surface area contributed by atoms with Crippen LogP contribution in [-0.2, 0) is 32.4 Å². The highest BCUT2D eigenvalue weighted by Crippen LogP contribution is 2.40. The van der Waals surface area contributed by atoms with Gasteiger partial charge in [0, 0.05) is 4.88 Å². The first-order valence-corrected chi connectivity index (χ1v) is 13.2. The number of nitrogens with one attached hydrogen (secondary N) is 1. The number of carbonyl (C=O) groups excluding carboxylic acids is 2. The summed E-state index contributed by atoms with van der Waals surface area (Å²) in [4.78, 5) is 26.9. The van der Waals surface area contributed by atoms with Gasteiger partial charge >= 0.3 is 5.97 Å². The standard InChI is InChI=1S/C22H26N2O6S2/c1-4-29-22(26)19-14-7-5-6-8-18(14)31-21(19)23-20(25)17-12-24(32(3,27)28)15-11-13(2)9-10-16(15)30-17/h9-11,17H,4-8,12H2,1-3H3,(H,23,25). The van der Waals surface area contributed by atoms with E-state index in [0.717, 1.165) is 47.9 Å². The SMILES string of the molecule is CCOC(=O)c1c(NC(=O)C2CN(S(C)(=O)=O)c3cc(C)ccc3O2)sc2c1CCCC2. The lowest BCUT2D eigenvalue weighted by atomic mass is 9.95. The first-order valence-electron chi connectivity index (χ1n) is 10.6. The molecule has 0 saturated carbocycles. The van der Waals surface area contributed by atoms with E-state index in [-0.39, 0.29) is 13.2 Å². The van der Waals surface area contributed by atoms with Gasteiger partial charge in [0.2, 0.25) is 10.0 Å². The maximum Gasteiger partial charge on any atom is 0.341 e. The van der Waals surface area contributed by atoms with Crippen LogP contribution in [-0.4, -0.2) is 45.8 Å². The highest BCUT2D eigenvalue weighted by Gasteiger charge is 2.36. The maximum absolute atomic E-state index is 13.2. The van der Waals surface area contributed by atoms with Gasteiger partial charge in [-0.25, -0.2) is 13.2 Å². The van der Waals surface area contributed by atoms with E-state index in [4.69, 9.17) is 9.47 Å². The number of nitrogens with zero attached hydrogens (tertiary/aromatic N) is 1. The fourth-order valence-electron chi connectivity index (χ4n) is 4.08. The van der Waals surface area contributed by atoms with Crippen molar-refractivity contribution in [3.05, 3.63) is 39.8 Å². The van der Waals surface area contributed by atoms with E-state index < -0.39 is 28.0 Å². The van der Waals surface area contributed by atoms with Gasteiger partial charge in [0.1, 0.15) is 10.8 Å². The summed E-state index contributed by atoms with van der Waals surface area (Å²) >= 11 is 1.38. The van der Waals surface area contributed by atoms with Gasteiger partial charge in [-0.15, -0.1) is 11.3 Å². The predicted octanol–water partition coefficient (Wildman–Crippen LogP) is 3.28. The summed E-state index contributed by atoms with van der Waals surface area (Å²) in [5.41, 5.74) is 2.65. The van der Waals surface area contributed by atoms with Crippen LogP contribution in [0.3, 0.4) is 0 Å². The molecule has 0 radical (unpaired) electrons. The second kappa shape index (κ2) is 8.74. The first kappa shape index (κ1) is 22.6. The number of hydrogen-bond acceptors (Lipinski definition) is 7. The number of amides is 1. The van der Waals surface area contributed by atoms with Gasteiger partial charge in [-0.05, 0) is 62.8 Å². The van der Waals surface area contributed by atoms with Gasteiger partial charge in [-0.2, -0.15) is 0 Å². The van der Waals surface area contributed by atoms with Crippen molar-refractivity contribution in [2.24, 2.45) is 0 Å². The van der Waals surface area contributed by atoms with E-state index in [1.165, 1.54) is 15.6 Å². The van der Waals surface area contributed by atoms with Gasteiger partial charge in [-0.1, -0.05) is 6.07 Å². The summed E-state index contributed by atoms with van der Waals surface area (Å²) < 4.78 is 37.1. The number of ether oxygens (including phenoxy) is 2. The van der Waals surface area contributed by atoms with Gasteiger partial charge in [0.15, 0.2) is 6.10 Å². The third-order valence-corrected chi connectivity index (χ3v) is 7.92. The Balaban J connectivity index is 1.64. The highest BCUT2D eigenvalue weighted by molar-refractivity contribution is 7.92. The number of rotatable bonds is 5. The Kier molecular flexibility index (Phi) is 6.17. The van der Waals surface area contributed by atoms with Crippen molar-refractivity contribution in [3.63, 3.8) is 0 Å². The Morgan fingerprint density at radius 3 is 2.75 bits per heavy atom. The minimum Gasteiger partial charge on any atom is -0.476 e. The molecule has 1 amide bonds. The lowest BCUT2D eigenvalue weighted by Crippen LogP contribution is -2.48. The first-order chi connectivity index (χ1) is 15.2. The minimum atomic E-state index is -3.62. The average molecular weight is 479 g/mol. The fraction of sp³-hybridized carbons (Fsp3) is 0.455. The average Bonchev–Trinajstić information content (AvgIpc) is 3.10. The van der Waals surface area contributed by atoms with Crippen LogP contribution in [0, 0.1) is 6.92 Å². The molecular formula is C22H26N2O6S2. The van der Waals surface area contributed by atoms with Gasteiger partial charge < -0.3 is 14.8 Å². The van der Waals surface area contributed by atoms with Crippen molar-refractivity contribution in [1.29, 1.82) is 0 Å². The molecule has 0 saturated heterocycles. The number of sulfonamides is 1. The van der Waals surface area contributed by atoms with E-state index >= 15 is 0 Å². The zero-order chi connectivity index (χ0) is 23.0. The topological polar surface area (TPSA) is 102 Å². The monoisotopic (exact) mass is 478 g/mol. The largest absolute Gasteiger partial charge is 0.476 e. The van der Waals surface area contributed by atoms with Crippen LogP contribution in [0.1, 0.15) is 46.1 Å². The van der Waals surface area contributed by atoms with Crippen molar-refractivity contribution in [2.45, 2.75) is 45.6 Å². The molecule has 0 bridgehead atoms. The Bertz CT molecular complexity index is 1170. The summed E-state index contributed by atoms with van der Waals surface area (Å²) in [6.45, 7) is 3.68. The predicted molar refractivity (Wildman–Crippen MR) is 123 cm³/mol. The van der Waals surface area contributed by atoms with Gasteiger partial charge in [0.25, 0.3) is 5.91 Å². The Hall–Kier alpha value is -2.59. The zero-order valence-corrected chi connectivity index (χ0v) is 19.9. The number of carbonyl (C=O) groups is 2. The molecule has 0 fully saturated rings. The number of hydrogen-bond donors (Lipinski definition) is 1. The molecular weight excluding hydrogens is 452 g/mol. The number of anilines is 2. The van der Waals surface area contributed by atoms with E-state index in [0.29, 0.717) is 22.0 Å². The molecule has 10 heteroatoms. The van der Waals surface area contributed by atoms with E-state index in [1.54, 1.807) is 25.1 Å². The fourth-order valence-corrected chi connectivity index (χ4v) is 6.26. The van der Waals surface area contributed by atoms with Crippen LogP contribution < -0.4 is 14.4 Å². The molecule has 2 aromatic rings. The zero-order valence-electron chi connectivity index (χ0n) is 18.3. The number of aryl methyl sites for hydroxylation is 2. The Morgan fingerprint density at radius 1 is 1.28 bits per heavy atom. The third kappa shape index (κ3) is 4.33. The van der Waals surface area contributed by atoms with Crippen LogP contribution in [0.15, 0.2) is 18.2 Å². The van der Waals surface area contributed by atoms with Gasteiger partial charge in [-0.3, -0.25) is 9.10 Å². The minimum absolute atomic E-state index is 0.152. The molecule has 1 aliphatic carbocycles. The van der Waals surface area contributed by atoms with Crippen molar-refractivity contribution < 1.29 is 27.5 Å². The second-order valence-electron chi connectivity index (χ2n) is 8.00. The van der Waals surface area contributed by atoms with Crippen LogP contribution in [0.5, 0.6) is 5.75 Å². The maximum atomic E-state index is 13.2. The molecule has 32 heavy (non-hydrogen) atoms. The molecule has 4 rings (SSSR count). The van der Waals surface area contributed by atoms with Crippen molar-refractivity contribution in [2.75, 3.05) is 29.0 Å². The Labute approximate surface area is 191 Å². The van der Waals surface area contributed by atoms with Crippen molar-refractivity contribution in [1.82, 2.24) is 0 Å². The molecule has 8 nitrogen and oxygen atoms in total. The van der Waals surface area contributed by atoms with Crippen LogP contribution in [0.25, 0.3) is 0 Å². The van der Waals surface area contributed by atoms with Gasteiger partial charge in [0.05, 0.1) is 30.7 Å². The summed E-state index contributed by atoms with van der Waals surface area (Å²) in [7, 11) is -3.62. The van der Waals surface area contributed by atoms with E-state index in [9.17, 15) is 18.0 Å². The molecule has 1 atom stereocenters. The molecule has 2 aliphatic rings. The molecule has 1 N–H and O–H groups in total. The summed E-state index contributed by atoms with van der Waals surface area (Å²) in [5, 5.41) is 3.26. The molecule has 0 spiro atoms. The van der Waals surface area contributed by atoms with Crippen LogP contribution >= 0.6 is 11.3 Å². The normalized spacial score (nSPS) is 17.7. The van der Waals surface area contributed by atoms with E-state index in [1.807, 2.05) is 6.92 Å². The lowest BCUT2D eigenvalue weighted by molar-refractivity contribution is -0.122. The molecule has 1 aromatic heterocycles. The number of thiophene rings is 1. The van der Waals surface area contributed by atoms with Crippen LogP contribution in [0.4, 0.5) is 10.7 Å². The van der Waals surface area contributed by atoms with Crippen molar-refractivity contribution in [3.8, 4) is 5.75 Å². The summed E-state index contributed by atoms with van der Waals surface area (Å²) in [6.07, 6.45) is 3.68. The lowest BCUT2D eigenvalue weighted by Gasteiger charge is -2.34.